The summed E-state index contributed by atoms with van der Waals surface area (Å²) in [5.41, 5.74) is 1.64. The van der Waals surface area contributed by atoms with Gasteiger partial charge in [0.15, 0.2) is 23.2 Å². The minimum absolute atomic E-state index is 0.0204. The Morgan fingerprint density at radius 2 is 1.95 bits per heavy atom. The molecule has 42 heavy (non-hydrogen) atoms. The number of carbonyl (C=O) groups is 2. The fourth-order valence-corrected chi connectivity index (χ4v) is 5.19. The number of nitrogens with two attached hydrogens (primary N) is 1. The maximum Gasteiger partial charge on any atom is 0.300 e. The molecule has 218 valence electrons. The normalized spacial score (nSPS) is 15.1. The van der Waals surface area contributed by atoms with Gasteiger partial charge in [0.05, 0.1) is 28.7 Å². The standard InChI is InChI=1S/C28H25F3N6O4S/c1-5-9-28(30,31)18-10-16(8-7-15(18)12-32)36-25(40)27(3,4)37(26(36)42)17-11-19(29)23-34-20(6-2)22(41-14-21(33)38)24(39)35(23)13-17/h5,7-11,13H,6,14H2,1-4H3,(H2,33,38)/b9-5+. The smallest absolute Gasteiger partial charge is 0.300 e. The Balaban J connectivity index is 1.87. The molecule has 2 amide bonds. The number of halogens is 3. The zero-order chi connectivity index (χ0) is 31.1. The zero-order valence-electron chi connectivity index (χ0n) is 22.9. The maximum atomic E-state index is 15.5. The summed E-state index contributed by atoms with van der Waals surface area (Å²) < 4.78 is 51.3. The molecule has 0 saturated carbocycles. The summed E-state index contributed by atoms with van der Waals surface area (Å²) in [4.78, 5) is 44.7. The van der Waals surface area contributed by atoms with Crippen molar-refractivity contribution in [1.29, 1.82) is 5.26 Å². The van der Waals surface area contributed by atoms with Gasteiger partial charge in [0.25, 0.3) is 17.7 Å². The molecule has 2 N–H and O–H groups in total. The van der Waals surface area contributed by atoms with E-state index in [1.807, 2.05) is 0 Å². The quantitative estimate of drug-likeness (QED) is 0.306. The van der Waals surface area contributed by atoms with Crippen LogP contribution in [0.1, 0.15) is 44.5 Å². The lowest BCUT2D eigenvalue weighted by Crippen LogP contribution is -2.44. The lowest BCUT2D eigenvalue weighted by Gasteiger charge is -2.29. The number of anilines is 2. The molecular formula is C28H25F3N6O4S. The minimum atomic E-state index is -3.52. The van der Waals surface area contributed by atoms with E-state index in [2.05, 4.69) is 4.98 Å². The number of carbonyl (C=O) groups excluding carboxylic acids is 2. The van der Waals surface area contributed by atoms with Crippen LogP contribution >= 0.6 is 12.2 Å². The summed E-state index contributed by atoms with van der Waals surface area (Å²) in [5, 5.41) is 9.22. The summed E-state index contributed by atoms with van der Waals surface area (Å²) in [6.45, 7) is 5.44. The Hall–Kier alpha value is -4.77. The van der Waals surface area contributed by atoms with E-state index in [9.17, 15) is 28.4 Å². The van der Waals surface area contributed by atoms with Crippen LogP contribution in [-0.2, 0) is 21.9 Å². The number of alkyl halides is 2. The zero-order valence-corrected chi connectivity index (χ0v) is 23.8. The highest BCUT2D eigenvalue weighted by Gasteiger charge is 2.51. The first kappa shape index (κ1) is 30.2. The number of hydrogen-bond acceptors (Lipinski definition) is 7. The molecule has 0 aliphatic carbocycles. The van der Waals surface area contributed by atoms with Gasteiger partial charge in [-0.1, -0.05) is 13.0 Å². The Morgan fingerprint density at radius 1 is 1.26 bits per heavy atom. The summed E-state index contributed by atoms with van der Waals surface area (Å²) >= 11 is 5.60. The third-order valence-electron chi connectivity index (χ3n) is 6.63. The molecule has 4 rings (SSSR count). The Morgan fingerprint density at radius 3 is 2.55 bits per heavy atom. The molecule has 1 aliphatic heterocycles. The number of nitriles is 1. The number of aromatic nitrogens is 2. The number of rotatable bonds is 8. The van der Waals surface area contributed by atoms with Crippen LogP contribution in [0.4, 0.5) is 24.5 Å². The Bertz CT molecular complexity index is 1780. The van der Waals surface area contributed by atoms with E-state index in [1.54, 1.807) is 13.0 Å². The minimum Gasteiger partial charge on any atom is -0.476 e. The van der Waals surface area contributed by atoms with Crippen LogP contribution in [0.5, 0.6) is 5.75 Å². The highest BCUT2D eigenvalue weighted by atomic mass is 32.1. The van der Waals surface area contributed by atoms with Gasteiger partial charge in [-0.25, -0.2) is 9.37 Å². The van der Waals surface area contributed by atoms with E-state index in [0.29, 0.717) is 6.08 Å². The molecule has 10 nitrogen and oxygen atoms in total. The summed E-state index contributed by atoms with van der Waals surface area (Å²) in [6, 6.07) is 6.25. The van der Waals surface area contributed by atoms with Crippen molar-refractivity contribution < 1.29 is 27.5 Å². The van der Waals surface area contributed by atoms with Crippen molar-refractivity contribution in [3.63, 3.8) is 0 Å². The van der Waals surface area contributed by atoms with Crippen LogP contribution < -0.4 is 25.8 Å². The number of allylic oxidation sites excluding steroid dienone is 2. The molecule has 1 saturated heterocycles. The van der Waals surface area contributed by atoms with Crippen molar-refractivity contribution in [2.24, 2.45) is 5.73 Å². The first-order valence-electron chi connectivity index (χ1n) is 12.6. The molecule has 14 heteroatoms. The fraction of sp³-hybridized carbons (Fsp3) is 0.286. The van der Waals surface area contributed by atoms with Crippen LogP contribution in [0.3, 0.4) is 0 Å². The Kier molecular flexibility index (Phi) is 7.84. The highest BCUT2D eigenvalue weighted by molar-refractivity contribution is 7.81. The third-order valence-corrected chi connectivity index (χ3v) is 7.00. The molecule has 0 radical (unpaired) electrons. The summed E-state index contributed by atoms with van der Waals surface area (Å²) in [7, 11) is 0. The van der Waals surface area contributed by atoms with Crippen molar-refractivity contribution in [3.05, 3.63) is 75.6 Å². The van der Waals surface area contributed by atoms with E-state index < -0.39 is 46.8 Å². The van der Waals surface area contributed by atoms with Gasteiger partial charge in [0, 0.05) is 17.8 Å². The van der Waals surface area contributed by atoms with E-state index in [4.69, 9.17) is 22.7 Å². The average molecular weight is 599 g/mol. The van der Waals surface area contributed by atoms with Gasteiger partial charge in [-0.3, -0.25) is 23.7 Å². The van der Waals surface area contributed by atoms with Gasteiger partial charge < -0.3 is 15.4 Å². The number of aryl methyl sites for hydroxylation is 1. The van der Waals surface area contributed by atoms with Crippen LogP contribution in [0, 0.1) is 17.1 Å². The van der Waals surface area contributed by atoms with Gasteiger partial charge >= 0.3 is 5.56 Å². The molecule has 1 aromatic carbocycles. The highest BCUT2D eigenvalue weighted by Crippen LogP contribution is 2.40. The molecule has 3 aromatic rings. The van der Waals surface area contributed by atoms with Crippen molar-refractivity contribution in [1.82, 2.24) is 9.38 Å². The van der Waals surface area contributed by atoms with Crippen molar-refractivity contribution in [2.75, 3.05) is 16.4 Å². The summed E-state index contributed by atoms with van der Waals surface area (Å²) in [5.74, 6) is -6.19. The number of nitrogens with zero attached hydrogens (tertiary/aromatic N) is 5. The second-order valence-electron chi connectivity index (χ2n) is 9.82. The molecule has 1 aliphatic rings. The number of pyridine rings is 1. The number of benzene rings is 1. The molecule has 0 bridgehead atoms. The first-order chi connectivity index (χ1) is 19.7. The summed E-state index contributed by atoms with van der Waals surface area (Å²) in [6.07, 6.45) is 3.17. The van der Waals surface area contributed by atoms with Crippen molar-refractivity contribution in [2.45, 2.75) is 45.6 Å². The second-order valence-corrected chi connectivity index (χ2v) is 10.2. The topological polar surface area (TPSA) is 134 Å². The van der Waals surface area contributed by atoms with Gasteiger partial charge in [-0.05, 0) is 63.7 Å². The van der Waals surface area contributed by atoms with Crippen LogP contribution in [-0.4, -0.2) is 38.5 Å². The number of thiocarbonyl (C=S) groups is 1. The number of amides is 2. The fourth-order valence-electron chi connectivity index (χ4n) is 4.66. The van der Waals surface area contributed by atoms with Gasteiger partial charge in [-0.15, -0.1) is 0 Å². The molecule has 0 spiro atoms. The molecule has 0 unspecified atom stereocenters. The molecule has 1 fully saturated rings. The number of primary amides is 1. The molecule has 0 atom stereocenters. The lowest BCUT2D eigenvalue weighted by molar-refractivity contribution is -0.121. The first-order valence-corrected chi connectivity index (χ1v) is 13.0. The predicted molar refractivity (Wildman–Crippen MR) is 152 cm³/mol. The largest absolute Gasteiger partial charge is 0.476 e. The maximum absolute atomic E-state index is 15.5. The van der Waals surface area contributed by atoms with E-state index >= 15 is 4.39 Å². The van der Waals surface area contributed by atoms with Crippen LogP contribution in [0.2, 0.25) is 0 Å². The van der Waals surface area contributed by atoms with Gasteiger partial charge in [0.2, 0.25) is 5.75 Å². The third kappa shape index (κ3) is 4.96. The number of fused-ring (bicyclic) bond motifs is 1. The SMILES string of the molecule is C/C=C/C(F)(F)c1cc(N2C(=O)C(C)(C)N(c3cc(F)c4nc(CC)c(OCC(N)=O)c(=O)n4c3)C2=S)ccc1C#N. The van der Waals surface area contributed by atoms with Crippen molar-refractivity contribution >= 4 is 46.2 Å². The number of ether oxygens (including phenoxy) is 1. The van der Waals surface area contributed by atoms with Crippen LogP contribution in [0.25, 0.3) is 5.65 Å². The van der Waals surface area contributed by atoms with Gasteiger partial charge in [0.1, 0.15) is 5.54 Å². The van der Waals surface area contributed by atoms with Crippen molar-refractivity contribution in [3.8, 4) is 11.8 Å². The predicted octanol–water partition coefficient (Wildman–Crippen LogP) is 3.72. The van der Waals surface area contributed by atoms with E-state index in [1.165, 1.54) is 37.9 Å². The van der Waals surface area contributed by atoms with E-state index in [-0.39, 0.29) is 45.6 Å². The van der Waals surface area contributed by atoms with Gasteiger partial charge in [-0.2, -0.15) is 14.0 Å². The number of hydrogen-bond donors (Lipinski definition) is 1. The van der Waals surface area contributed by atoms with E-state index in [0.717, 1.165) is 33.6 Å². The lowest BCUT2D eigenvalue weighted by atomic mass is 9.99. The Labute approximate surface area is 243 Å². The monoisotopic (exact) mass is 598 g/mol. The molecule has 3 heterocycles. The average Bonchev–Trinajstić information content (AvgIpc) is 3.10. The van der Waals surface area contributed by atoms with Crippen LogP contribution in [0.15, 0.2) is 47.4 Å². The molecule has 2 aromatic heterocycles. The molecular weight excluding hydrogens is 573 g/mol. The second kappa shape index (κ2) is 10.9.